The molecule has 7 aromatic heterocycles. The third-order valence-electron chi connectivity index (χ3n) is 27.5. The van der Waals surface area contributed by atoms with E-state index in [2.05, 4.69) is 104 Å². The Balaban J connectivity index is 0.000000126. The van der Waals surface area contributed by atoms with Crippen molar-refractivity contribution in [2.75, 3.05) is 19.8 Å². The predicted molar refractivity (Wildman–Crippen MR) is 604 cm³/mol. The largest absolute Gasteiger partial charge is 0.493 e. The van der Waals surface area contributed by atoms with Gasteiger partial charge in [0.1, 0.15) is 41.7 Å². The summed E-state index contributed by atoms with van der Waals surface area (Å²) in [5, 5.41) is 8.72. The number of fused-ring (bicyclic) bond motifs is 4. The van der Waals surface area contributed by atoms with Crippen molar-refractivity contribution in [2.45, 2.75) is 223 Å². The minimum absolute atomic E-state index is 0.0183. The molecule has 18 aromatic rings. The van der Waals surface area contributed by atoms with Crippen molar-refractivity contribution in [2.24, 2.45) is 0 Å². The predicted octanol–water partition coefficient (Wildman–Crippen LogP) is 31.0. The summed E-state index contributed by atoms with van der Waals surface area (Å²) in [4.78, 5) is 95.2. The van der Waals surface area contributed by atoms with Crippen molar-refractivity contribution in [3.05, 3.63) is 341 Å². The number of nitrogens with zero attached hydrogens (tertiary/aromatic N) is 7. The van der Waals surface area contributed by atoms with Gasteiger partial charge in [0.2, 0.25) is 0 Å². The number of benzene rings is 11. The van der Waals surface area contributed by atoms with E-state index in [1.54, 1.807) is 50.5 Å². The summed E-state index contributed by atoms with van der Waals surface area (Å²) in [7, 11) is 0. The summed E-state index contributed by atoms with van der Waals surface area (Å²) in [6, 6.07) is 75.1. The van der Waals surface area contributed by atoms with Crippen LogP contribution in [0.2, 0.25) is 15.1 Å². The van der Waals surface area contributed by atoms with E-state index in [9.17, 15) is 24.0 Å². The zero-order valence-corrected chi connectivity index (χ0v) is 90.6. The normalized spacial score (nSPS) is 14.2. The standard InChI is InChI=1S/C34H31ClN2O3.C34H32N2O3.C31H32N2O3.C29H27Cl2NO3/c1-19-18-27-24(10-12-26(37-27)21-6-8-23(35)9-7-21)31(29(19)33(20(2)38)40-34(3,4)5)25-11-13-28-30-22(15-17-39-28)14-16-36-32(25)30;1-20-19-27-24(11-13-26(36-27)22-9-7-6-8-10-22)31(29(20)33(21(2)37)39-34(3,4)5)25-12-14-28-30-23(16-18-38-28)15-17-35-32(25)30;1-17-16-24-21(8-10-23(33-24)19-6-7-19)28(26(17)30(18(2)34)36-31(3,4)5)22-9-11-25-27-20(13-15-35-25)12-14-32-29(22)27;1-17-16-24-23(14-15-25(34)32(24)22-12-10-21(31)11-13-22)27(19-6-8-20(30)9-7-19)26(17)28(18(2)33)35-29(3,4)5/h6-14,16,18,33H,15,17H2,1-5H3;6-15,17,19,33H,16,18H2,1-5H3;8-12,14,16,19,30H,6-7,13,15H2,1-5H3;6-16,28H,1-5H3/t2*33-;30-;28-/m1111/s1. The zero-order valence-electron chi connectivity index (χ0n) is 88.4. The molecule has 1 fully saturated rings. The van der Waals surface area contributed by atoms with Crippen LogP contribution >= 0.6 is 34.8 Å². The number of aryl methyl sites for hydroxylation is 4. The van der Waals surface area contributed by atoms with Crippen LogP contribution in [-0.4, -0.2) is 99.8 Å². The molecule has 150 heavy (non-hydrogen) atoms. The molecule has 0 radical (unpaired) electrons. The Hall–Kier alpha value is -14.1. The van der Waals surface area contributed by atoms with Gasteiger partial charge < -0.3 is 33.2 Å². The Morgan fingerprint density at radius 2 is 0.680 bits per heavy atom. The Bertz CT molecular complexity index is 8460. The first kappa shape index (κ1) is 104. The molecule has 4 atom stereocenters. The van der Waals surface area contributed by atoms with Crippen LogP contribution in [0.4, 0.5) is 0 Å². The highest BCUT2D eigenvalue weighted by Gasteiger charge is 2.39. The number of hydrogen-bond donors (Lipinski definition) is 0. The lowest BCUT2D eigenvalue weighted by molar-refractivity contribution is -0.139. The van der Waals surface area contributed by atoms with E-state index in [4.69, 9.17) is 97.9 Å². The highest BCUT2D eigenvalue weighted by molar-refractivity contribution is 6.31. The lowest BCUT2D eigenvalue weighted by atomic mass is 9.85. The van der Waals surface area contributed by atoms with Gasteiger partial charge in [-0.15, -0.1) is 0 Å². The summed E-state index contributed by atoms with van der Waals surface area (Å²) < 4.78 is 45.3. The Kier molecular flexibility index (Phi) is 29.2. The van der Waals surface area contributed by atoms with Crippen molar-refractivity contribution in [3.8, 4) is 90.0 Å². The number of carbonyl (C=O) groups excluding carboxylic acids is 4. The average Bonchev–Trinajstić information content (AvgIpc) is 1.18. The van der Waals surface area contributed by atoms with Crippen LogP contribution in [-0.2, 0) is 57.4 Å². The topological polar surface area (TPSA) is 232 Å². The first-order chi connectivity index (χ1) is 71.5. The highest BCUT2D eigenvalue weighted by atomic mass is 35.5. The number of carbonyl (C=O) groups is 4. The van der Waals surface area contributed by atoms with Crippen LogP contribution in [0, 0.1) is 27.7 Å². The molecule has 1 saturated carbocycles. The van der Waals surface area contributed by atoms with Crippen LogP contribution in [0.15, 0.2) is 254 Å². The lowest BCUT2D eigenvalue weighted by Crippen LogP contribution is -2.27. The van der Waals surface area contributed by atoms with Gasteiger partial charge >= 0.3 is 0 Å². The summed E-state index contributed by atoms with van der Waals surface area (Å²) in [6.07, 6.45) is 7.56. The number of halogens is 3. The summed E-state index contributed by atoms with van der Waals surface area (Å²) >= 11 is 18.4. The number of ether oxygens (including phenoxy) is 7. The van der Waals surface area contributed by atoms with Gasteiger partial charge in [0.25, 0.3) is 5.56 Å². The van der Waals surface area contributed by atoms with Crippen LogP contribution < -0.4 is 19.8 Å². The van der Waals surface area contributed by atoms with Crippen LogP contribution in [0.1, 0.15) is 221 Å². The maximum atomic E-state index is 13.2. The molecular formula is C128H122Cl3N7O12. The Morgan fingerprint density at radius 1 is 0.353 bits per heavy atom. The molecule has 0 bridgehead atoms. The molecule has 0 saturated heterocycles. The highest BCUT2D eigenvalue weighted by Crippen LogP contribution is 2.53. The summed E-state index contributed by atoms with van der Waals surface area (Å²) in [6.45, 7) is 40.0. The third kappa shape index (κ3) is 21.7. The number of aromatic nitrogens is 7. The number of Topliss-reactive ketones (excluding diaryl/α,β-unsaturated/α-hetero) is 4. The Labute approximate surface area is 889 Å². The fourth-order valence-electron chi connectivity index (χ4n) is 21.1. The van der Waals surface area contributed by atoms with E-state index in [0.29, 0.717) is 46.5 Å². The van der Waals surface area contributed by atoms with Gasteiger partial charge in [-0.1, -0.05) is 108 Å². The second-order valence-corrected chi connectivity index (χ2v) is 44.7. The van der Waals surface area contributed by atoms with Crippen molar-refractivity contribution in [1.29, 1.82) is 0 Å². The molecule has 19 nitrogen and oxygen atoms in total. The number of ketones is 4. The van der Waals surface area contributed by atoms with Crippen molar-refractivity contribution in [3.63, 3.8) is 0 Å². The van der Waals surface area contributed by atoms with Gasteiger partial charge in [-0.3, -0.25) is 48.5 Å². The minimum atomic E-state index is -0.777. The smallest absolute Gasteiger partial charge is 0.255 e. The van der Waals surface area contributed by atoms with Crippen LogP contribution in [0.5, 0.6) is 17.2 Å². The molecular weight excluding hydrogens is 1930 g/mol. The lowest BCUT2D eigenvalue weighted by Gasteiger charge is -2.30. The number of rotatable bonds is 20. The van der Waals surface area contributed by atoms with E-state index in [1.165, 1.54) is 29.5 Å². The average molecular weight is 2060 g/mol. The van der Waals surface area contributed by atoms with E-state index >= 15 is 0 Å². The van der Waals surface area contributed by atoms with E-state index < -0.39 is 46.8 Å². The summed E-state index contributed by atoms with van der Waals surface area (Å²) in [5.74, 6) is 2.91. The van der Waals surface area contributed by atoms with Gasteiger partial charge in [-0.05, 0) is 392 Å². The Morgan fingerprint density at radius 3 is 1.04 bits per heavy atom. The molecule has 0 N–H and O–H groups in total. The zero-order chi connectivity index (χ0) is 106. The first-order valence-electron chi connectivity index (χ1n) is 51.2. The van der Waals surface area contributed by atoms with Crippen LogP contribution in [0.3, 0.4) is 0 Å². The molecule has 0 amide bonds. The fraction of sp³-hybridized carbons (Fsp3) is 0.289. The molecule has 4 aliphatic rings. The van der Waals surface area contributed by atoms with E-state index in [1.807, 2.05) is 238 Å². The van der Waals surface area contributed by atoms with Crippen molar-refractivity contribution >= 4 is 134 Å². The maximum absolute atomic E-state index is 13.2. The van der Waals surface area contributed by atoms with Gasteiger partial charge in [-0.25, -0.2) is 9.97 Å². The molecule has 1 aliphatic carbocycles. The molecule has 0 spiro atoms. The molecule has 11 aromatic carbocycles. The number of pyridine rings is 7. The molecule has 10 heterocycles. The summed E-state index contributed by atoms with van der Waals surface area (Å²) in [5.41, 5.74) is 27.6. The van der Waals surface area contributed by atoms with E-state index in [0.717, 1.165) is 230 Å². The minimum Gasteiger partial charge on any atom is -0.493 e. The van der Waals surface area contributed by atoms with Crippen molar-refractivity contribution < 1.29 is 52.3 Å². The third-order valence-corrected chi connectivity index (χ3v) is 28.3. The molecule has 0 unspecified atom stereocenters. The second kappa shape index (κ2) is 42.0. The second-order valence-electron chi connectivity index (χ2n) is 43.4. The first-order valence-corrected chi connectivity index (χ1v) is 52.3. The molecule has 762 valence electrons. The monoisotopic (exact) mass is 2050 g/mol. The van der Waals surface area contributed by atoms with Gasteiger partial charge in [0, 0.05) is 142 Å². The number of hydrogen-bond acceptors (Lipinski definition) is 18. The van der Waals surface area contributed by atoms with Gasteiger partial charge in [-0.2, -0.15) is 0 Å². The van der Waals surface area contributed by atoms with Crippen molar-refractivity contribution in [1.82, 2.24) is 34.5 Å². The maximum Gasteiger partial charge on any atom is 0.255 e. The molecule has 22 heteroatoms. The quantitative estimate of drug-likeness (QED) is 0.0690. The fourth-order valence-corrected chi connectivity index (χ4v) is 21.5. The molecule has 3 aliphatic heterocycles. The van der Waals surface area contributed by atoms with Gasteiger partial charge in [0.15, 0.2) is 23.1 Å². The van der Waals surface area contributed by atoms with E-state index in [-0.39, 0.29) is 28.7 Å². The van der Waals surface area contributed by atoms with Crippen LogP contribution in [0.25, 0.3) is 149 Å². The van der Waals surface area contributed by atoms with Gasteiger partial charge in [0.05, 0.1) is 92.2 Å². The SMILES string of the molecule is CC(=O)[C@@H](OC(C)(C)C)c1c(C)cc2c(ccc(=O)n2-c2ccc(Cl)cc2)c1-c1ccc(Cl)cc1.CC(=O)[C@@H](OC(C)(C)C)c1c(C)cc2nc(-c3ccc(Cl)cc3)ccc2c1-c1ccc2c3c(ccnc13)CCO2.CC(=O)[C@@H](OC(C)(C)C)c1c(C)cc2nc(-c3ccccc3)ccc2c1-c1ccc2c3c(ccnc13)CCO2.CC(=O)[C@@H](OC(C)(C)C)c1c(C)cc2nc(C3CC3)ccc2c1-c1ccc2c3c(ccnc13)CCO2. The molecule has 22 rings (SSSR count).